The lowest BCUT2D eigenvalue weighted by Gasteiger charge is -2.14. The molecule has 0 saturated heterocycles. The van der Waals surface area contributed by atoms with Crippen LogP contribution in [0.4, 0.5) is 8.78 Å². The summed E-state index contributed by atoms with van der Waals surface area (Å²) in [5.41, 5.74) is 3.01. The topological polar surface area (TPSA) is 30.5 Å². The number of hydrogen-bond donors (Lipinski definition) is 1. The molecule has 3 nitrogen and oxygen atoms in total. The molecule has 1 atom stereocenters. The maximum absolute atomic E-state index is 13.3. The van der Waals surface area contributed by atoms with Gasteiger partial charge in [-0.05, 0) is 13.0 Å². The summed E-state index contributed by atoms with van der Waals surface area (Å²) in [6.45, 7) is 2.54. The van der Waals surface area contributed by atoms with E-state index in [1.165, 1.54) is 12.1 Å². The second kappa shape index (κ2) is 6.52. The number of ether oxygens (including phenoxy) is 1. The van der Waals surface area contributed by atoms with Crippen LogP contribution in [0.25, 0.3) is 0 Å². The molecule has 0 fully saturated rings. The van der Waals surface area contributed by atoms with E-state index in [-0.39, 0.29) is 6.04 Å². The second-order valence-corrected chi connectivity index (χ2v) is 3.35. The van der Waals surface area contributed by atoms with Crippen molar-refractivity contribution in [2.24, 2.45) is 0 Å². The lowest BCUT2D eigenvalue weighted by atomic mass is 10.1. The van der Waals surface area contributed by atoms with Gasteiger partial charge in [-0.3, -0.25) is 4.84 Å². The molecule has 0 amide bonds. The van der Waals surface area contributed by atoms with E-state index in [1.807, 2.05) is 0 Å². The molecule has 0 spiro atoms. The highest BCUT2D eigenvalue weighted by Crippen LogP contribution is 2.17. The van der Waals surface area contributed by atoms with Crippen molar-refractivity contribution in [1.82, 2.24) is 5.48 Å². The van der Waals surface area contributed by atoms with Crippen LogP contribution in [0.3, 0.4) is 0 Å². The molecule has 0 saturated carbocycles. The van der Waals surface area contributed by atoms with Crippen molar-refractivity contribution < 1.29 is 18.4 Å². The maximum atomic E-state index is 13.3. The fourth-order valence-corrected chi connectivity index (χ4v) is 1.23. The monoisotopic (exact) mass is 231 g/mol. The first kappa shape index (κ1) is 13.0. The lowest BCUT2D eigenvalue weighted by Crippen LogP contribution is -2.22. The van der Waals surface area contributed by atoms with Gasteiger partial charge in [-0.2, -0.15) is 5.48 Å². The predicted molar refractivity (Wildman–Crippen MR) is 55.7 cm³/mol. The van der Waals surface area contributed by atoms with Gasteiger partial charge in [-0.1, -0.05) is 6.07 Å². The second-order valence-electron chi connectivity index (χ2n) is 3.35. The van der Waals surface area contributed by atoms with Gasteiger partial charge in [0, 0.05) is 18.7 Å². The number of hydroxylamine groups is 1. The first-order valence-corrected chi connectivity index (χ1v) is 4.96. The Labute approximate surface area is 93.3 Å². The molecular weight excluding hydrogens is 216 g/mol. The normalized spacial score (nSPS) is 12.8. The van der Waals surface area contributed by atoms with Crippen LogP contribution in [0.1, 0.15) is 18.5 Å². The summed E-state index contributed by atoms with van der Waals surface area (Å²) in [4.78, 5) is 5.04. The fourth-order valence-electron chi connectivity index (χ4n) is 1.23. The highest BCUT2D eigenvalue weighted by Gasteiger charge is 2.11. The molecule has 1 rings (SSSR count). The van der Waals surface area contributed by atoms with Crippen molar-refractivity contribution in [3.05, 3.63) is 35.4 Å². The lowest BCUT2D eigenvalue weighted by molar-refractivity contribution is -0.00978. The fraction of sp³-hybridized carbons (Fsp3) is 0.455. The molecule has 90 valence electrons. The van der Waals surface area contributed by atoms with Gasteiger partial charge in [0.1, 0.15) is 11.6 Å². The molecule has 0 bridgehead atoms. The van der Waals surface area contributed by atoms with Crippen molar-refractivity contribution in [3.8, 4) is 0 Å². The van der Waals surface area contributed by atoms with Crippen LogP contribution >= 0.6 is 0 Å². The number of nitrogens with one attached hydrogen (secondary N) is 1. The van der Waals surface area contributed by atoms with Crippen LogP contribution in [-0.4, -0.2) is 20.3 Å². The van der Waals surface area contributed by atoms with Crippen LogP contribution in [0.15, 0.2) is 18.2 Å². The van der Waals surface area contributed by atoms with Gasteiger partial charge >= 0.3 is 0 Å². The summed E-state index contributed by atoms with van der Waals surface area (Å²) in [7, 11) is 1.56. The van der Waals surface area contributed by atoms with E-state index in [9.17, 15) is 8.78 Å². The zero-order chi connectivity index (χ0) is 12.0. The minimum atomic E-state index is -0.589. The molecule has 1 N–H and O–H groups in total. The number of halogens is 2. The summed E-state index contributed by atoms with van der Waals surface area (Å²) >= 11 is 0. The Hall–Kier alpha value is -1.04. The molecule has 0 aliphatic rings. The average molecular weight is 231 g/mol. The summed E-state index contributed by atoms with van der Waals surface area (Å²) in [6.07, 6.45) is 0. The van der Waals surface area contributed by atoms with Crippen LogP contribution in [-0.2, 0) is 9.57 Å². The molecule has 5 heteroatoms. The van der Waals surface area contributed by atoms with Crippen molar-refractivity contribution in [2.45, 2.75) is 13.0 Å². The summed E-state index contributed by atoms with van der Waals surface area (Å²) in [6, 6.07) is 3.11. The molecule has 16 heavy (non-hydrogen) atoms. The predicted octanol–water partition coefficient (Wildman–Crippen LogP) is 2.19. The maximum Gasteiger partial charge on any atom is 0.130 e. The molecule has 0 heterocycles. The van der Waals surface area contributed by atoms with E-state index in [1.54, 1.807) is 14.0 Å². The smallest absolute Gasteiger partial charge is 0.130 e. The summed E-state index contributed by atoms with van der Waals surface area (Å²) in [5, 5.41) is 0. The van der Waals surface area contributed by atoms with Gasteiger partial charge in [0.25, 0.3) is 0 Å². The third-order valence-corrected chi connectivity index (χ3v) is 2.08. The average Bonchev–Trinajstić information content (AvgIpc) is 2.24. The molecule has 1 aromatic rings. The molecule has 0 aliphatic heterocycles. The number of hydrogen-bond acceptors (Lipinski definition) is 3. The largest absolute Gasteiger partial charge is 0.382 e. The van der Waals surface area contributed by atoms with Crippen LogP contribution in [0.2, 0.25) is 0 Å². The van der Waals surface area contributed by atoms with E-state index in [4.69, 9.17) is 9.57 Å². The summed E-state index contributed by atoms with van der Waals surface area (Å²) < 4.78 is 30.8. The van der Waals surface area contributed by atoms with Crippen LogP contribution in [0.5, 0.6) is 0 Å². The molecule has 1 aromatic carbocycles. The van der Waals surface area contributed by atoms with Gasteiger partial charge in [-0.25, -0.2) is 8.78 Å². The zero-order valence-electron chi connectivity index (χ0n) is 9.30. The Morgan fingerprint density at radius 1 is 1.31 bits per heavy atom. The standard InChI is InChI=1S/C11H15F2NO2/c1-8(14-16-6-5-15-2)10-4-3-9(12)7-11(10)13/h3-4,7-8,14H,5-6H2,1-2H3. The Bertz CT molecular complexity index is 334. The van der Waals surface area contributed by atoms with Crippen molar-refractivity contribution in [2.75, 3.05) is 20.3 Å². The Morgan fingerprint density at radius 2 is 2.06 bits per heavy atom. The molecule has 0 aromatic heterocycles. The third kappa shape index (κ3) is 3.84. The number of methoxy groups -OCH3 is 1. The van der Waals surface area contributed by atoms with Gasteiger partial charge in [-0.15, -0.1) is 0 Å². The zero-order valence-corrected chi connectivity index (χ0v) is 9.30. The van der Waals surface area contributed by atoms with Crippen molar-refractivity contribution >= 4 is 0 Å². The van der Waals surface area contributed by atoms with E-state index < -0.39 is 11.6 Å². The number of rotatable bonds is 6. The van der Waals surface area contributed by atoms with Gasteiger partial charge in [0.05, 0.1) is 19.3 Å². The van der Waals surface area contributed by atoms with E-state index in [0.29, 0.717) is 18.8 Å². The number of benzene rings is 1. The van der Waals surface area contributed by atoms with Gasteiger partial charge < -0.3 is 4.74 Å². The molecule has 1 unspecified atom stereocenters. The van der Waals surface area contributed by atoms with Gasteiger partial charge in [0.2, 0.25) is 0 Å². The highest BCUT2D eigenvalue weighted by molar-refractivity contribution is 5.21. The minimum absolute atomic E-state index is 0.350. The SMILES string of the molecule is COCCONC(C)c1ccc(F)cc1F. The van der Waals surface area contributed by atoms with Crippen molar-refractivity contribution in [1.29, 1.82) is 0 Å². The summed E-state index contributed by atoms with van der Waals surface area (Å²) in [5.74, 6) is -1.18. The minimum Gasteiger partial charge on any atom is -0.382 e. The Balaban J connectivity index is 2.49. The Kier molecular flexibility index (Phi) is 5.31. The highest BCUT2D eigenvalue weighted by atomic mass is 19.1. The molecule has 0 aliphatic carbocycles. The third-order valence-electron chi connectivity index (χ3n) is 2.08. The first-order chi connectivity index (χ1) is 7.65. The van der Waals surface area contributed by atoms with E-state index in [0.717, 1.165) is 6.07 Å². The van der Waals surface area contributed by atoms with E-state index >= 15 is 0 Å². The van der Waals surface area contributed by atoms with Gasteiger partial charge in [0.15, 0.2) is 0 Å². The molecule has 0 radical (unpaired) electrons. The van der Waals surface area contributed by atoms with Crippen molar-refractivity contribution in [3.63, 3.8) is 0 Å². The van der Waals surface area contributed by atoms with E-state index in [2.05, 4.69) is 5.48 Å². The first-order valence-electron chi connectivity index (χ1n) is 4.96. The molecular formula is C11H15F2NO2. The quantitative estimate of drug-likeness (QED) is 0.601. The van der Waals surface area contributed by atoms with Crippen LogP contribution in [0, 0.1) is 11.6 Å². The van der Waals surface area contributed by atoms with Crippen LogP contribution < -0.4 is 5.48 Å². The Morgan fingerprint density at radius 3 is 2.69 bits per heavy atom.